The minimum absolute atomic E-state index is 0.841. The van der Waals surface area contributed by atoms with Gasteiger partial charge in [0.1, 0.15) is 0 Å². The van der Waals surface area contributed by atoms with E-state index in [1.165, 1.54) is 70.6 Å². The van der Waals surface area contributed by atoms with Crippen LogP contribution in [0, 0.1) is 0 Å². The topological polar surface area (TPSA) is 12.5 Å². The molecule has 11 rings (SSSR count). The second-order valence-electron chi connectivity index (χ2n) is 13.7. The lowest BCUT2D eigenvalue weighted by molar-refractivity contribution is 0.477. The zero-order chi connectivity index (χ0) is 34.2. The highest BCUT2D eigenvalue weighted by Crippen LogP contribution is 2.52. The summed E-state index contributed by atoms with van der Waals surface area (Å²) in [6.07, 6.45) is 0. The Morgan fingerprint density at radius 3 is 1.44 bits per heavy atom. The minimum Gasteiger partial charge on any atom is -0.453 e. The average molecular weight is 662 g/mol. The summed E-state index contributed by atoms with van der Waals surface area (Å²) in [6, 6.07) is 68.2. The molecule has 0 aromatic heterocycles. The fourth-order valence-electron chi connectivity index (χ4n) is 8.43. The normalized spacial score (nSPS) is 12.3. The van der Waals surface area contributed by atoms with Gasteiger partial charge in [-0.2, -0.15) is 0 Å². The van der Waals surface area contributed by atoms with Gasteiger partial charge in [-0.25, -0.2) is 0 Å². The summed E-state index contributed by atoms with van der Waals surface area (Å²) in [5, 5.41) is 12.6. The Labute approximate surface area is 301 Å². The highest BCUT2D eigenvalue weighted by molar-refractivity contribution is 6.25. The van der Waals surface area contributed by atoms with Gasteiger partial charge in [0.15, 0.2) is 11.5 Å². The van der Waals surface area contributed by atoms with Gasteiger partial charge in [0.05, 0.1) is 11.4 Å². The van der Waals surface area contributed by atoms with Crippen molar-refractivity contribution >= 4 is 70.9 Å². The summed E-state index contributed by atoms with van der Waals surface area (Å²) in [4.78, 5) is 2.36. The lowest BCUT2D eigenvalue weighted by atomic mass is 9.89. The van der Waals surface area contributed by atoms with Crippen molar-refractivity contribution in [3.63, 3.8) is 0 Å². The molecule has 52 heavy (non-hydrogen) atoms. The quantitative estimate of drug-likeness (QED) is 0.175. The van der Waals surface area contributed by atoms with Crippen LogP contribution in [0.4, 0.5) is 17.1 Å². The van der Waals surface area contributed by atoms with Gasteiger partial charge in [-0.3, -0.25) is 0 Å². The molecule has 0 saturated heterocycles. The Hall–Kier alpha value is -6.90. The molecular formula is C50H31NO. The summed E-state index contributed by atoms with van der Waals surface area (Å²) in [7, 11) is 0. The Bertz CT molecular complexity index is 2990. The number of fused-ring (bicyclic) bond motifs is 11. The Balaban J connectivity index is 1.22. The summed E-state index contributed by atoms with van der Waals surface area (Å²) >= 11 is 0. The SMILES string of the molecule is c1ccc2c(c1)Oc1ccccc1N2c1cc(-c2ccc3c4ccccc4c4ccccc4c3c2)cc(-c2cc3ccccc3c3ccccc23)c1. The molecule has 2 nitrogen and oxygen atoms in total. The number of para-hydroxylation sites is 4. The van der Waals surface area contributed by atoms with Crippen molar-refractivity contribution in [3.8, 4) is 33.8 Å². The Kier molecular flexibility index (Phi) is 6.28. The van der Waals surface area contributed by atoms with Crippen LogP contribution in [-0.2, 0) is 0 Å². The third-order valence-corrected chi connectivity index (χ3v) is 10.8. The van der Waals surface area contributed by atoms with E-state index in [2.05, 4.69) is 181 Å². The summed E-state index contributed by atoms with van der Waals surface area (Å²) in [5.41, 5.74) is 7.83. The highest BCUT2D eigenvalue weighted by atomic mass is 16.5. The smallest absolute Gasteiger partial charge is 0.151 e. The minimum atomic E-state index is 0.841. The molecule has 0 spiro atoms. The lowest BCUT2D eigenvalue weighted by Crippen LogP contribution is -2.15. The Morgan fingerprint density at radius 1 is 0.308 bits per heavy atom. The maximum atomic E-state index is 6.45. The predicted octanol–water partition coefficient (Wildman–Crippen LogP) is 14.4. The van der Waals surface area contributed by atoms with Crippen molar-refractivity contribution in [3.05, 3.63) is 188 Å². The van der Waals surface area contributed by atoms with E-state index in [1.54, 1.807) is 0 Å². The standard InChI is InChI=1S/C50H31NO/c1-2-14-37-33(13-1)31-45(42-19-7-3-15-38(37)42)35-27-34(28-36(29-35)51-47-21-9-11-23-49(47)52-50-24-12-10-22-48(50)51)32-25-26-44-41-18-5-4-16-39(41)40-17-6-8-20-43(40)46(44)30-32/h1-31H. The second kappa shape index (κ2) is 11.3. The largest absolute Gasteiger partial charge is 0.453 e. The number of rotatable bonds is 3. The first-order chi connectivity index (χ1) is 25.8. The third kappa shape index (κ3) is 4.38. The van der Waals surface area contributed by atoms with E-state index < -0.39 is 0 Å². The van der Waals surface area contributed by atoms with Gasteiger partial charge in [0.2, 0.25) is 0 Å². The van der Waals surface area contributed by atoms with Gasteiger partial charge in [-0.05, 0) is 131 Å². The molecule has 0 bridgehead atoms. The van der Waals surface area contributed by atoms with Gasteiger partial charge in [0.25, 0.3) is 0 Å². The molecule has 1 heterocycles. The van der Waals surface area contributed by atoms with E-state index in [-0.39, 0.29) is 0 Å². The third-order valence-electron chi connectivity index (χ3n) is 10.8. The molecule has 10 aromatic carbocycles. The molecule has 1 aliphatic rings. The molecule has 0 saturated carbocycles. The first kappa shape index (κ1) is 28.9. The van der Waals surface area contributed by atoms with Crippen molar-refractivity contribution in [2.45, 2.75) is 0 Å². The van der Waals surface area contributed by atoms with E-state index >= 15 is 0 Å². The molecule has 0 radical (unpaired) electrons. The molecule has 10 aromatic rings. The maximum Gasteiger partial charge on any atom is 0.151 e. The molecule has 0 unspecified atom stereocenters. The van der Waals surface area contributed by atoms with Crippen LogP contribution in [0.2, 0.25) is 0 Å². The van der Waals surface area contributed by atoms with E-state index in [4.69, 9.17) is 4.74 Å². The van der Waals surface area contributed by atoms with Crippen molar-refractivity contribution in [1.29, 1.82) is 0 Å². The zero-order valence-electron chi connectivity index (χ0n) is 28.3. The van der Waals surface area contributed by atoms with Crippen LogP contribution in [0.3, 0.4) is 0 Å². The van der Waals surface area contributed by atoms with Crippen LogP contribution < -0.4 is 9.64 Å². The van der Waals surface area contributed by atoms with Crippen LogP contribution in [0.5, 0.6) is 11.5 Å². The van der Waals surface area contributed by atoms with Crippen molar-refractivity contribution < 1.29 is 4.74 Å². The number of hydrogen-bond acceptors (Lipinski definition) is 2. The molecular weight excluding hydrogens is 631 g/mol. The van der Waals surface area contributed by atoms with Crippen LogP contribution in [-0.4, -0.2) is 0 Å². The van der Waals surface area contributed by atoms with E-state index in [0.717, 1.165) is 34.1 Å². The molecule has 0 amide bonds. The predicted molar refractivity (Wildman–Crippen MR) is 220 cm³/mol. The van der Waals surface area contributed by atoms with Crippen LogP contribution >= 0.6 is 0 Å². The maximum absolute atomic E-state index is 6.45. The van der Waals surface area contributed by atoms with Crippen molar-refractivity contribution in [2.75, 3.05) is 4.90 Å². The van der Waals surface area contributed by atoms with Gasteiger partial charge in [0, 0.05) is 5.69 Å². The number of hydrogen-bond donors (Lipinski definition) is 0. The molecule has 0 aliphatic carbocycles. The molecule has 0 N–H and O–H groups in total. The number of anilines is 3. The summed E-state index contributed by atoms with van der Waals surface area (Å²) in [6.45, 7) is 0. The molecule has 242 valence electrons. The summed E-state index contributed by atoms with van der Waals surface area (Å²) in [5.74, 6) is 1.68. The number of ether oxygens (including phenoxy) is 1. The highest BCUT2D eigenvalue weighted by Gasteiger charge is 2.26. The van der Waals surface area contributed by atoms with Gasteiger partial charge < -0.3 is 9.64 Å². The molecule has 0 atom stereocenters. The van der Waals surface area contributed by atoms with Crippen molar-refractivity contribution in [1.82, 2.24) is 0 Å². The first-order valence-corrected chi connectivity index (χ1v) is 17.8. The molecule has 0 fully saturated rings. The fraction of sp³-hybridized carbons (Fsp3) is 0. The second-order valence-corrected chi connectivity index (χ2v) is 13.7. The van der Waals surface area contributed by atoms with E-state index in [9.17, 15) is 0 Å². The van der Waals surface area contributed by atoms with Crippen LogP contribution in [0.1, 0.15) is 0 Å². The number of benzene rings is 10. The lowest BCUT2D eigenvalue weighted by Gasteiger charge is -2.33. The van der Waals surface area contributed by atoms with Crippen molar-refractivity contribution in [2.24, 2.45) is 0 Å². The van der Waals surface area contributed by atoms with Crippen LogP contribution in [0.25, 0.3) is 76.1 Å². The monoisotopic (exact) mass is 661 g/mol. The number of nitrogens with zero attached hydrogens (tertiary/aromatic N) is 1. The van der Waals surface area contributed by atoms with Gasteiger partial charge in [-0.1, -0.05) is 133 Å². The first-order valence-electron chi connectivity index (χ1n) is 17.8. The Morgan fingerprint density at radius 2 is 0.788 bits per heavy atom. The molecule has 2 heteroatoms. The average Bonchev–Trinajstić information content (AvgIpc) is 3.22. The van der Waals surface area contributed by atoms with Crippen LogP contribution in [0.15, 0.2) is 188 Å². The molecule has 1 aliphatic heterocycles. The summed E-state index contributed by atoms with van der Waals surface area (Å²) < 4.78 is 6.45. The van der Waals surface area contributed by atoms with E-state index in [1.807, 2.05) is 12.1 Å². The van der Waals surface area contributed by atoms with Gasteiger partial charge in [-0.15, -0.1) is 0 Å². The zero-order valence-corrected chi connectivity index (χ0v) is 28.3. The van der Waals surface area contributed by atoms with Gasteiger partial charge >= 0.3 is 0 Å². The van der Waals surface area contributed by atoms with E-state index in [0.29, 0.717) is 0 Å². The fourth-order valence-corrected chi connectivity index (χ4v) is 8.43.